The van der Waals surface area contributed by atoms with Crippen LogP contribution in [0.5, 0.6) is 5.75 Å². The van der Waals surface area contributed by atoms with Crippen molar-refractivity contribution in [3.8, 4) is 5.75 Å². The van der Waals surface area contributed by atoms with Gasteiger partial charge in [-0.05, 0) is 36.4 Å². The molecule has 202 valence electrons. The first-order chi connectivity index (χ1) is 18.1. The summed E-state index contributed by atoms with van der Waals surface area (Å²) >= 11 is 0. The number of ether oxygens (including phenoxy) is 4. The molecule has 14 heteroatoms. The summed E-state index contributed by atoms with van der Waals surface area (Å²) in [6.07, 6.45) is -2.37. The van der Waals surface area contributed by atoms with Gasteiger partial charge >= 0.3 is 5.97 Å². The topological polar surface area (TPSA) is 164 Å². The van der Waals surface area contributed by atoms with Crippen LogP contribution in [0.3, 0.4) is 0 Å². The summed E-state index contributed by atoms with van der Waals surface area (Å²) in [5, 5.41) is 35.8. The van der Waals surface area contributed by atoms with Gasteiger partial charge in [-0.2, -0.15) is 4.80 Å². The zero-order valence-electron chi connectivity index (χ0n) is 21.5. The lowest BCUT2D eigenvalue weighted by atomic mass is 9.83. The zero-order valence-corrected chi connectivity index (χ0v) is 21.5. The summed E-state index contributed by atoms with van der Waals surface area (Å²) in [5.74, 6) is 0.0313. The van der Waals surface area contributed by atoms with Gasteiger partial charge in [-0.25, -0.2) is 4.79 Å². The van der Waals surface area contributed by atoms with E-state index in [1.807, 2.05) is 0 Å². The molecular formula is C24H28N6O8. The number of carbonyl (C=O) groups excluding carboxylic acids is 1. The van der Waals surface area contributed by atoms with Crippen LogP contribution in [0.1, 0.15) is 34.7 Å². The van der Waals surface area contributed by atoms with Gasteiger partial charge in [0.05, 0.1) is 37.2 Å². The van der Waals surface area contributed by atoms with Crippen LogP contribution in [0.15, 0.2) is 42.5 Å². The Labute approximate surface area is 217 Å². The van der Waals surface area contributed by atoms with E-state index < -0.39 is 34.9 Å². The number of carbonyl (C=O) groups is 1. The number of fused-ring (bicyclic) bond motifs is 1. The number of non-ortho nitro benzene ring substituents is 1. The number of hydrogen-bond acceptors (Lipinski definition) is 12. The molecule has 1 aliphatic heterocycles. The van der Waals surface area contributed by atoms with Gasteiger partial charge < -0.3 is 29.0 Å². The molecule has 2 aromatic carbocycles. The Morgan fingerprint density at radius 2 is 2.00 bits per heavy atom. The Bertz CT molecular complexity index is 1330. The van der Waals surface area contributed by atoms with Gasteiger partial charge in [0.15, 0.2) is 17.7 Å². The number of aliphatic hydroxyl groups is 1. The lowest BCUT2D eigenvalue weighted by Gasteiger charge is -2.49. The molecule has 0 bridgehead atoms. The highest BCUT2D eigenvalue weighted by Gasteiger charge is 2.54. The van der Waals surface area contributed by atoms with Crippen LogP contribution in [0.4, 0.5) is 11.4 Å². The van der Waals surface area contributed by atoms with Crippen molar-refractivity contribution < 1.29 is 33.8 Å². The first-order valence-corrected chi connectivity index (χ1v) is 11.5. The van der Waals surface area contributed by atoms with Crippen LogP contribution in [0.25, 0.3) is 0 Å². The summed E-state index contributed by atoms with van der Waals surface area (Å²) in [4.78, 5) is 26.5. The van der Waals surface area contributed by atoms with Crippen LogP contribution < -0.4 is 9.64 Å². The predicted molar refractivity (Wildman–Crippen MR) is 131 cm³/mol. The highest BCUT2D eigenvalue weighted by Crippen LogP contribution is 2.47. The molecule has 0 aliphatic carbocycles. The molecule has 14 nitrogen and oxygen atoms in total. The van der Waals surface area contributed by atoms with Gasteiger partial charge in [-0.1, -0.05) is 6.07 Å². The number of nitrogens with zero attached hydrogens (tertiary/aromatic N) is 6. The number of aryl methyl sites for hydroxylation is 1. The second-order valence-corrected chi connectivity index (χ2v) is 8.82. The molecule has 3 atom stereocenters. The molecular weight excluding hydrogens is 500 g/mol. The summed E-state index contributed by atoms with van der Waals surface area (Å²) in [5.41, 5.74) is -0.563. The number of anilines is 1. The van der Waals surface area contributed by atoms with Crippen molar-refractivity contribution in [1.29, 1.82) is 0 Å². The minimum Gasteiger partial charge on any atom is -0.479 e. The Balaban J connectivity index is 1.95. The quantitative estimate of drug-likeness (QED) is 0.186. The van der Waals surface area contributed by atoms with Crippen LogP contribution in [0.2, 0.25) is 0 Å². The van der Waals surface area contributed by atoms with E-state index in [4.69, 9.17) is 18.9 Å². The molecule has 0 amide bonds. The lowest BCUT2D eigenvalue weighted by Crippen LogP contribution is -2.62. The third kappa shape index (κ3) is 4.88. The van der Waals surface area contributed by atoms with Crippen molar-refractivity contribution in [2.75, 3.05) is 26.2 Å². The maximum absolute atomic E-state index is 12.3. The van der Waals surface area contributed by atoms with Gasteiger partial charge in [0.25, 0.3) is 5.69 Å². The van der Waals surface area contributed by atoms with E-state index in [-0.39, 0.29) is 23.5 Å². The number of aromatic nitrogens is 4. The molecule has 3 aromatic rings. The smallest absolute Gasteiger partial charge is 0.337 e. The molecule has 0 saturated heterocycles. The normalized spacial score (nSPS) is 20.5. The fourth-order valence-corrected chi connectivity index (χ4v) is 4.66. The number of esters is 1. The number of benzene rings is 2. The largest absolute Gasteiger partial charge is 0.479 e. The minimum absolute atomic E-state index is 0.0169. The highest BCUT2D eigenvalue weighted by molar-refractivity contribution is 5.90. The fourth-order valence-electron chi connectivity index (χ4n) is 4.66. The van der Waals surface area contributed by atoms with Crippen LogP contribution in [0, 0.1) is 10.1 Å². The second kappa shape index (κ2) is 10.7. The van der Waals surface area contributed by atoms with E-state index >= 15 is 0 Å². The molecule has 1 N–H and O–H groups in total. The van der Waals surface area contributed by atoms with E-state index in [0.717, 1.165) is 0 Å². The van der Waals surface area contributed by atoms with E-state index in [1.54, 1.807) is 43.1 Å². The first kappa shape index (κ1) is 26.9. The maximum Gasteiger partial charge on any atom is 0.337 e. The summed E-state index contributed by atoms with van der Waals surface area (Å²) in [6.45, 7) is 1.64. The number of nitro groups is 1. The molecule has 38 heavy (non-hydrogen) atoms. The molecule has 1 aromatic heterocycles. The molecule has 0 unspecified atom stereocenters. The van der Waals surface area contributed by atoms with E-state index in [1.165, 1.54) is 44.3 Å². The number of aliphatic hydroxyl groups excluding tert-OH is 1. The number of nitro benzene ring substituents is 1. The summed E-state index contributed by atoms with van der Waals surface area (Å²) in [7, 11) is 5.71. The summed E-state index contributed by atoms with van der Waals surface area (Å²) < 4.78 is 22.0. The first-order valence-electron chi connectivity index (χ1n) is 11.5. The van der Waals surface area contributed by atoms with Gasteiger partial charge in [0.1, 0.15) is 11.9 Å². The third-order valence-corrected chi connectivity index (χ3v) is 6.43. The molecule has 0 radical (unpaired) electrons. The minimum atomic E-state index is -1.45. The van der Waals surface area contributed by atoms with Crippen molar-refractivity contribution in [3.05, 3.63) is 69.5 Å². The van der Waals surface area contributed by atoms with Crippen LogP contribution in [-0.2, 0) is 27.8 Å². The van der Waals surface area contributed by atoms with Gasteiger partial charge in [-0.15, -0.1) is 10.2 Å². The third-order valence-electron chi connectivity index (χ3n) is 6.43. The second-order valence-electron chi connectivity index (χ2n) is 8.82. The molecule has 1 aliphatic rings. The van der Waals surface area contributed by atoms with Gasteiger partial charge in [0.2, 0.25) is 0 Å². The Morgan fingerprint density at radius 1 is 1.26 bits per heavy atom. The highest BCUT2D eigenvalue weighted by atomic mass is 16.7. The van der Waals surface area contributed by atoms with Crippen molar-refractivity contribution in [2.24, 2.45) is 7.05 Å². The van der Waals surface area contributed by atoms with E-state index in [9.17, 15) is 20.0 Å². The Hall–Kier alpha value is -4.14. The SMILES string of the molecule is COC(=O)c1cccc(N(Cc2nnn(C)n2)[C@H]2c3cc([N+](=O)[O-])ccc3O[C@](C)(C(OC)OC)[C@@H]2O)c1. The number of methoxy groups -OCH3 is 3. The van der Waals surface area contributed by atoms with E-state index in [2.05, 4.69) is 15.4 Å². The van der Waals surface area contributed by atoms with Crippen LogP contribution in [-0.4, -0.2) is 75.5 Å². The Kier molecular flexibility index (Phi) is 7.57. The van der Waals surface area contributed by atoms with Gasteiger partial charge in [0, 0.05) is 37.6 Å². The van der Waals surface area contributed by atoms with Crippen molar-refractivity contribution in [3.63, 3.8) is 0 Å². The molecule has 4 rings (SSSR count). The fraction of sp³-hybridized carbons (Fsp3) is 0.417. The average Bonchev–Trinajstić information content (AvgIpc) is 3.33. The van der Waals surface area contributed by atoms with Crippen molar-refractivity contribution >= 4 is 17.3 Å². The number of tetrazole rings is 1. The average molecular weight is 529 g/mol. The van der Waals surface area contributed by atoms with E-state index in [0.29, 0.717) is 17.1 Å². The summed E-state index contributed by atoms with van der Waals surface area (Å²) in [6, 6.07) is 9.72. The zero-order chi connectivity index (χ0) is 27.6. The van der Waals surface area contributed by atoms with Gasteiger partial charge in [-0.3, -0.25) is 10.1 Å². The standard InChI is InChI=1S/C24H28N6O8/c1-24(23(36-4)37-5)21(31)20(17-12-16(30(33)34)9-10-18(17)38-24)29(13-19-25-27-28(2)26-19)15-8-6-7-14(11-15)22(32)35-3/h6-12,20-21,23,31H,13H2,1-5H3/t20-,21+,24-/m0/s1. The maximum atomic E-state index is 12.3. The molecule has 0 saturated carbocycles. The molecule has 0 fully saturated rings. The van der Waals surface area contributed by atoms with Crippen molar-refractivity contribution in [2.45, 2.75) is 37.5 Å². The van der Waals surface area contributed by atoms with Crippen LogP contribution >= 0.6 is 0 Å². The predicted octanol–water partition coefficient (Wildman–Crippen LogP) is 1.78. The Morgan fingerprint density at radius 3 is 2.61 bits per heavy atom. The molecule has 2 heterocycles. The number of hydrogen-bond donors (Lipinski definition) is 1. The van der Waals surface area contributed by atoms with Crippen molar-refractivity contribution in [1.82, 2.24) is 20.2 Å². The monoisotopic (exact) mass is 528 g/mol. The molecule has 0 spiro atoms. The lowest BCUT2D eigenvalue weighted by molar-refractivity contribution is -0.385. The number of rotatable bonds is 9.